The number of urea groups is 1. The Kier molecular flexibility index (Phi) is 6.08. The van der Waals surface area contributed by atoms with Gasteiger partial charge in [-0.1, -0.05) is 30.3 Å². The average molecular weight is 348 g/mol. The van der Waals surface area contributed by atoms with Gasteiger partial charge in [0.2, 0.25) is 0 Å². The van der Waals surface area contributed by atoms with Crippen LogP contribution in [0.15, 0.2) is 61.2 Å². The van der Waals surface area contributed by atoms with Crippen molar-refractivity contribution in [3.8, 4) is 0 Å². The lowest BCUT2D eigenvalue weighted by molar-refractivity contribution is 0.0958. The highest BCUT2D eigenvalue weighted by Crippen LogP contribution is 2.22. The zero-order valence-corrected chi connectivity index (χ0v) is 13.4. The summed E-state index contributed by atoms with van der Waals surface area (Å²) >= 11 is 1.09. The van der Waals surface area contributed by atoms with Crippen molar-refractivity contribution < 1.29 is 18.4 Å². The second-order valence-electron chi connectivity index (χ2n) is 4.57. The normalized spacial score (nSPS) is 10.1. The number of imide groups is 1. The summed E-state index contributed by atoms with van der Waals surface area (Å²) in [5.74, 6) is -2.81. The predicted octanol–water partition coefficient (Wildman–Crippen LogP) is 4.16. The molecule has 0 aliphatic carbocycles. The minimum atomic E-state index is -1.14. The van der Waals surface area contributed by atoms with Crippen LogP contribution in [-0.4, -0.2) is 17.7 Å². The molecule has 2 aromatic carbocycles. The third kappa shape index (κ3) is 4.20. The van der Waals surface area contributed by atoms with Crippen LogP contribution in [0.1, 0.15) is 10.4 Å². The van der Waals surface area contributed by atoms with Gasteiger partial charge in [-0.2, -0.15) is 0 Å². The summed E-state index contributed by atoms with van der Waals surface area (Å²) in [6, 6.07) is 10.8. The molecule has 24 heavy (non-hydrogen) atoms. The van der Waals surface area contributed by atoms with Crippen molar-refractivity contribution in [1.29, 1.82) is 0 Å². The number of benzene rings is 2. The number of hydrogen-bond donors (Lipinski definition) is 1. The van der Waals surface area contributed by atoms with Crippen molar-refractivity contribution in [1.82, 2.24) is 5.32 Å². The molecule has 0 radical (unpaired) electrons. The van der Waals surface area contributed by atoms with Gasteiger partial charge in [0.05, 0.1) is 5.69 Å². The number of carbonyl (C=O) groups is 2. The van der Waals surface area contributed by atoms with Crippen LogP contribution in [-0.2, 0) is 0 Å². The highest BCUT2D eigenvalue weighted by Gasteiger charge is 2.23. The summed E-state index contributed by atoms with van der Waals surface area (Å²) < 4.78 is 28.5. The standard InChI is InChI=1S/C17H14F2N2O2S/c1-2-11-24-21(12-7-4-3-5-8-12)17(23)20-16(22)15-13(18)9-6-10-14(15)19/h2-10H,1,11H2,(H,20,22,23). The first kappa shape index (κ1) is 17.7. The molecular weight excluding hydrogens is 334 g/mol. The summed E-state index contributed by atoms with van der Waals surface area (Å²) in [5.41, 5.74) is -0.281. The van der Waals surface area contributed by atoms with Gasteiger partial charge in [0.25, 0.3) is 5.91 Å². The minimum Gasteiger partial charge on any atom is -0.273 e. The van der Waals surface area contributed by atoms with Gasteiger partial charge in [0.15, 0.2) is 0 Å². The maximum absolute atomic E-state index is 13.6. The van der Waals surface area contributed by atoms with Crippen LogP contribution in [0.3, 0.4) is 0 Å². The Balaban J connectivity index is 2.21. The van der Waals surface area contributed by atoms with Gasteiger partial charge in [-0.05, 0) is 36.2 Å². The molecule has 2 rings (SSSR count). The lowest BCUT2D eigenvalue weighted by atomic mass is 10.2. The Bertz CT molecular complexity index is 733. The van der Waals surface area contributed by atoms with Crippen LogP contribution in [0.25, 0.3) is 0 Å². The van der Waals surface area contributed by atoms with Crippen molar-refractivity contribution in [3.05, 3.63) is 78.4 Å². The van der Waals surface area contributed by atoms with Crippen LogP contribution in [0, 0.1) is 11.6 Å². The Labute approximate surface area is 142 Å². The Hall–Kier alpha value is -2.67. The first-order valence-corrected chi connectivity index (χ1v) is 7.87. The van der Waals surface area contributed by atoms with Crippen molar-refractivity contribution in [2.45, 2.75) is 0 Å². The van der Waals surface area contributed by atoms with E-state index in [1.54, 1.807) is 36.4 Å². The zero-order valence-electron chi connectivity index (χ0n) is 12.5. The van der Waals surface area contributed by atoms with Gasteiger partial charge in [0, 0.05) is 5.75 Å². The quantitative estimate of drug-likeness (QED) is 0.652. The molecule has 0 heterocycles. The Morgan fingerprint density at radius 2 is 1.71 bits per heavy atom. The van der Waals surface area contributed by atoms with Crippen LogP contribution in [0.2, 0.25) is 0 Å². The van der Waals surface area contributed by atoms with E-state index in [4.69, 9.17) is 0 Å². The molecule has 1 N–H and O–H groups in total. The van der Waals surface area contributed by atoms with E-state index < -0.39 is 29.1 Å². The molecule has 0 fully saturated rings. The molecule has 0 atom stereocenters. The number of amides is 3. The first-order chi connectivity index (χ1) is 11.5. The number of para-hydroxylation sites is 1. The highest BCUT2D eigenvalue weighted by molar-refractivity contribution is 8.01. The first-order valence-electron chi connectivity index (χ1n) is 6.93. The number of hydrogen-bond acceptors (Lipinski definition) is 3. The topological polar surface area (TPSA) is 49.4 Å². The Morgan fingerprint density at radius 3 is 2.29 bits per heavy atom. The van der Waals surface area contributed by atoms with Gasteiger partial charge in [-0.25, -0.2) is 17.9 Å². The molecule has 3 amide bonds. The summed E-state index contributed by atoms with van der Waals surface area (Å²) in [5, 5.41) is 2.00. The molecule has 0 bridgehead atoms. The third-order valence-corrected chi connectivity index (χ3v) is 3.93. The second-order valence-corrected chi connectivity index (χ2v) is 5.53. The molecule has 4 nitrogen and oxygen atoms in total. The van der Waals surface area contributed by atoms with Crippen molar-refractivity contribution >= 4 is 29.6 Å². The number of carbonyl (C=O) groups excluding carboxylic acids is 2. The van der Waals surface area contributed by atoms with Crippen molar-refractivity contribution in [2.24, 2.45) is 0 Å². The maximum atomic E-state index is 13.6. The predicted molar refractivity (Wildman–Crippen MR) is 90.8 cm³/mol. The molecule has 7 heteroatoms. The highest BCUT2D eigenvalue weighted by atomic mass is 32.2. The lowest BCUT2D eigenvalue weighted by Crippen LogP contribution is -2.40. The number of halogens is 2. The Morgan fingerprint density at radius 1 is 1.08 bits per heavy atom. The molecule has 0 aromatic heterocycles. The number of nitrogens with one attached hydrogen (secondary N) is 1. The van der Waals surface area contributed by atoms with Crippen LogP contribution >= 0.6 is 11.9 Å². The smallest absolute Gasteiger partial charge is 0.273 e. The molecule has 0 aliphatic heterocycles. The largest absolute Gasteiger partial charge is 0.339 e. The number of anilines is 1. The van der Waals surface area contributed by atoms with E-state index in [1.165, 1.54) is 4.31 Å². The van der Waals surface area contributed by atoms with Crippen LogP contribution in [0.5, 0.6) is 0 Å². The van der Waals surface area contributed by atoms with Crippen LogP contribution < -0.4 is 9.62 Å². The van der Waals surface area contributed by atoms with Crippen molar-refractivity contribution in [3.63, 3.8) is 0 Å². The summed E-state index contributed by atoms with van der Waals surface area (Å²) in [7, 11) is 0. The summed E-state index contributed by atoms with van der Waals surface area (Å²) in [4.78, 5) is 24.4. The fourth-order valence-corrected chi connectivity index (χ4v) is 2.55. The van der Waals surface area contributed by atoms with Crippen LogP contribution in [0.4, 0.5) is 19.3 Å². The minimum absolute atomic E-state index is 0.407. The third-order valence-electron chi connectivity index (χ3n) is 2.91. The second kappa shape index (κ2) is 8.26. The molecule has 0 spiro atoms. The number of rotatable bonds is 5. The van der Waals surface area contributed by atoms with E-state index in [9.17, 15) is 18.4 Å². The molecule has 2 aromatic rings. The van der Waals surface area contributed by atoms with Gasteiger partial charge in [-0.15, -0.1) is 6.58 Å². The lowest BCUT2D eigenvalue weighted by Gasteiger charge is -2.20. The monoisotopic (exact) mass is 348 g/mol. The summed E-state index contributed by atoms with van der Waals surface area (Å²) in [6.07, 6.45) is 1.59. The zero-order chi connectivity index (χ0) is 17.5. The van der Waals surface area contributed by atoms with Gasteiger partial charge in [0.1, 0.15) is 17.2 Å². The molecular formula is C17H14F2N2O2S. The van der Waals surface area contributed by atoms with E-state index in [0.29, 0.717) is 11.4 Å². The number of nitrogens with zero attached hydrogens (tertiary/aromatic N) is 1. The van der Waals surface area contributed by atoms with Gasteiger partial charge in [-0.3, -0.25) is 10.1 Å². The van der Waals surface area contributed by atoms with E-state index in [-0.39, 0.29) is 0 Å². The van der Waals surface area contributed by atoms with E-state index >= 15 is 0 Å². The van der Waals surface area contributed by atoms with Gasteiger partial charge < -0.3 is 0 Å². The molecule has 0 unspecified atom stereocenters. The van der Waals surface area contributed by atoms with E-state index in [1.807, 2.05) is 5.32 Å². The van der Waals surface area contributed by atoms with E-state index in [2.05, 4.69) is 6.58 Å². The van der Waals surface area contributed by atoms with Gasteiger partial charge >= 0.3 is 6.03 Å². The molecule has 0 saturated heterocycles. The molecule has 124 valence electrons. The molecule has 0 aliphatic rings. The fourth-order valence-electron chi connectivity index (χ4n) is 1.87. The SMILES string of the molecule is C=CCSN(C(=O)NC(=O)c1c(F)cccc1F)c1ccccc1. The molecule has 0 saturated carbocycles. The fraction of sp³-hybridized carbons (Fsp3) is 0.0588. The summed E-state index contributed by atoms with van der Waals surface area (Å²) in [6.45, 7) is 3.57. The van der Waals surface area contributed by atoms with Crippen molar-refractivity contribution in [2.75, 3.05) is 10.1 Å². The maximum Gasteiger partial charge on any atom is 0.339 e. The van der Waals surface area contributed by atoms with E-state index in [0.717, 1.165) is 30.1 Å². The average Bonchev–Trinajstić information content (AvgIpc) is 2.56.